The van der Waals surface area contributed by atoms with Crippen LogP contribution in [0.15, 0.2) is 96.6 Å². The lowest BCUT2D eigenvalue weighted by Gasteiger charge is -2.28. The summed E-state index contributed by atoms with van der Waals surface area (Å²) in [6, 6.07) is 21.1. The molecule has 4 heteroatoms. The number of halogens is 1. The highest BCUT2D eigenvalue weighted by atomic mass is 35.5. The zero-order valence-electron chi connectivity index (χ0n) is 14.0. The Morgan fingerprint density at radius 1 is 0.960 bits per heavy atom. The standard InChI is InChI=1S/C21H20NOP.ClH/c1-22-21(23)16-17-10-8-9-15-20(17)24(18-11-4-2-5-12-18)19-13-6-3-7-14-19;/h2-16,20H,1H3,(H,22,23);1H. The van der Waals surface area contributed by atoms with Crippen molar-refractivity contribution in [2.75, 3.05) is 7.05 Å². The van der Waals surface area contributed by atoms with Crippen molar-refractivity contribution in [1.82, 2.24) is 5.32 Å². The maximum Gasteiger partial charge on any atom is 0.244 e. The smallest absolute Gasteiger partial charge is 0.244 e. The molecule has 1 N–H and O–H groups in total. The highest BCUT2D eigenvalue weighted by Gasteiger charge is 2.26. The van der Waals surface area contributed by atoms with E-state index in [0.29, 0.717) is 0 Å². The monoisotopic (exact) mass is 369 g/mol. The van der Waals surface area contributed by atoms with Crippen LogP contribution in [-0.4, -0.2) is 18.6 Å². The van der Waals surface area contributed by atoms with Crippen molar-refractivity contribution in [2.24, 2.45) is 0 Å². The van der Waals surface area contributed by atoms with E-state index in [9.17, 15) is 4.79 Å². The highest BCUT2D eigenvalue weighted by Crippen LogP contribution is 2.45. The van der Waals surface area contributed by atoms with Crippen molar-refractivity contribution in [3.63, 3.8) is 0 Å². The molecule has 2 aromatic rings. The van der Waals surface area contributed by atoms with Gasteiger partial charge in [0.15, 0.2) is 0 Å². The van der Waals surface area contributed by atoms with Gasteiger partial charge < -0.3 is 5.32 Å². The zero-order valence-corrected chi connectivity index (χ0v) is 15.7. The Hall–Kier alpha value is -2.15. The first-order valence-corrected chi connectivity index (χ1v) is 9.38. The second-order valence-corrected chi connectivity index (χ2v) is 7.82. The SMILES string of the molecule is CNC(=O)C=C1C=CC=CC1P(c1ccccc1)c1ccccc1.Cl. The molecule has 1 amide bonds. The third kappa shape index (κ3) is 4.69. The van der Waals surface area contributed by atoms with Crippen LogP contribution in [0.3, 0.4) is 0 Å². The van der Waals surface area contributed by atoms with E-state index in [1.807, 2.05) is 24.3 Å². The number of hydrogen-bond donors (Lipinski definition) is 1. The first kappa shape index (κ1) is 19.2. The molecule has 1 aliphatic rings. The van der Waals surface area contributed by atoms with E-state index in [0.717, 1.165) is 5.57 Å². The number of likely N-dealkylation sites (N-methyl/N-ethyl adjacent to an activating group) is 1. The van der Waals surface area contributed by atoms with Crippen molar-refractivity contribution in [2.45, 2.75) is 5.66 Å². The minimum atomic E-state index is -0.630. The minimum absolute atomic E-state index is 0. The molecule has 128 valence electrons. The quantitative estimate of drug-likeness (QED) is 0.646. The lowest BCUT2D eigenvalue weighted by Crippen LogP contribution is -2.24. The van der Waals surface area contributed by atoms with Gasteiger partial charge in [-0.3, -0.25) is 4.79 Å². The molecule has 0 bridgehead atoms. The molecule has 1 unspecified atom stereocenters. The predicted molar refractivity (Wildman–Crippen MR) is 111 cm³/mol. The van der Waals surface area contributed by atoms with Crippen molar-refractivity contribution in [3.05, 3.63) is 96.6 Å². The van der Waals surface area contributed by atoms with Gasteiger partial charge in [0.2, 0.25) is 5.91 Å². The Bertz CT molecular complexity index is 745. The summed E-state index contributed by atoms with van der Waals surface area (Å²) in [7, 11) is 1.03. The molecular formula is C21H21ClNOP. The van der Waals surface area contributed by atoms with Crippen LogP contribution < -0.4 is 15.9 Å². The fraction of sp³-hybridized carbons (Fsp3) is 0.0952. The Kier molecular flexibility index (Phi) is 7.18. The normalized spacial score (nSPS) is 17.4. The van der Waals surface area contributed by atoms with Crippen LogP contribution in [0.25, 0.3) is 0 Å². The van der Waals surface area contributed by atoms with Crippen LogP contribution in [0.5, 0.6) is 0 Å². The van der Waals surface area contributed by atoms with E-state index in [1.54, 1.807) is 13.1 Å². The van der Waals surface area contributed by atoms with Gasteiger partial charge in [-0.15, -0.1) is 12.4 Å². The van der Waals surface area contributed by atoms with Gasteiger partial charge in [0.1, 0.15) is 0 Å². The van der Waals surface area contributed by atoms with E-state index in [-0.39, 0.29) is 24.0 Å². The topological polar surface area (TPSA) is 29.1 Å². The molecule has 25 heavy (non-hydrogen) atoms. The molecule has 2 nitrogen and oxygen atoms in total. The van der Waals surface area contributed by atoms with Crippen molar-refractivity contribution in [1.29, 1.82) is 0 Å². The Labute approximate surface area is 156 Å². The summed E-state index contributed by atoms with van der Waals surface area (Å²) >= 11 is 0. The summed E-state index contributed by atoms with van der Waals surface area (Å²) in [5.74, 6) is -0.0639. The van der Waals surface area contributed by atoms with Crippen LogP contribution >= 0.6 is 20.3 Å². The molecule has 0 aromatic heterocycles. The summed E-state index contributed by atoms with van der Waals surface area (Å²) in [6.45, 7) is 0. The summed E-state index contributed by atoms with van der Waals surface area (Å²) in [4.78, 5) is 11.9. The second kappa shape index (κ2) is 9.36. The van der Waals surface area contributed by atoms with E-state index in [2.05, 4.69) is 66.0 Å². The minimum Gasteiger partial charge on any atom is -0.356 e. The van der Waals surface area contributed by atoms with Gasteiger partial charge in [0.05, 0.1) is 0 Å². The summed E-state index contributed by atoms with van der Waals surface area (Å²) < 4.78 is 0. The van der Waals surface area contributed by atoms with Gasteiger partial charge in [-0.2, -0.15) is 0 Å². The van der Waals surface area contributed by atoms with E-state index >= 15 is 0 Å². The molecule has 1 atom stereocenters. The van der Waals surface area contributed by atoms with E-state index in [4.69, 9.17) is 0 Å². The number of carbonyl (C=O) groups excluding carboxylic acids is 1. The lowest BCUT2D eigenvalue weighted by atomic mass is 10.1. The first-order valence-electron chi connectivity index (χ1n) is 7.97. The third-order valence-electron chi connectivity index (χ3n) is 3.93. The molecule has 0 heterocycles. The van der Waals surface area contributed by atoms with Gasteiger partial charge in [-0.1, -0.05) is 85.0 Å². The third-order valence-corrected chi connectivity index (χ3v) is 6.66. The van der Waals surface area contributed by atoms with Gasteiger partial charge >= 0.3 is 0 Å². The molecule has 0 aliphatic heterocycles. The summed E-state index contributed by atoms with van der Waals surface area (Å²) in [6.07, 6.45) is 10.0. The maximum atomic E-state index is 11.9. The fourth-order valence-electron chi connectivity index (χ4n) is 2.79. The second-order valence-electron chi connectivity index (χ2n) is 5.49. The molecule has 0 fully saturated rings. The average molecular weight is 370 g/mol. The number of benzene rings is 2. The molecule has 1 aliphatic carbocycles. The molecular weight excluding hydrogens is 349 g/mol. The van der Waals surface area contributed by atoms with Crippen LogP contribution in [0.1, 0.15) is 0 Å². The van der Waals surface area contributed by atoms with Gasteiger partial charge in [0.25, 0.3) is 0 Å². The molecule has 0 saturated heterocycles. The molecule has 0 radical (unpaired) electrons. The maximum absolute atomic E-state index is 11.9. The predicted octanol–water partition coefficient (Wildman–Crippen LogP) is 3.71. The van der Waals surface area contributed by atoms with Crippen LogP contribution in [0, 0.1) is 0 Å². The van der Waals surface area contributed by atoms with E-state index < -0.39 is 7.92 Å². The Balaban J connectivity index is 0.00000225. The van der Waals surface area contributed by atoms with Crippen LogP contribution in [-0.2, 0) is 4.79 Å². The largest absolute Gasteiger partial charge is 0.356 e. The van der Waals surface area contributed by atoms with E-state index in [1.165, 1.54) is 10.6 Å². The Morgan fingerprint density at radius 3 is 2.04 bits per heavy atom. The number of allylic oxidation sites excluding steroid dienone is 5. The zero-order chi connectivity index (χ0) is 16.8. The van der Waals surface area contributed by atoms with Gasteiger partial charge in [-0.25, -0.2) is 0 Å². The molecule has 0 spiro atoms. The van der Waals surface area contributed by atoms with Crippen molar-refractivity contribution in [3.8, 4) is 0 Å². The molecule has 0 saturated carbocycles. The number of hydrogen-bond acceptors (Lipinski definition) is 1. The lowest BCUT2D eigenvalue weighted by molar-refractivity contribution is -0.116. The molecule has 2 aromatic carbocycles. The Morgan fingerprint density at radius 2 is 1.52 bits per heavy atom. The highest BCUT2D eigenvalue weighted by molar-refractivity contribution is 7.74. The van der Waals surface area contributed by atoms with Crippen molar-refractivity contribution < 1.29 is 4.79 Å². The summed E-state index contributed by atoms with van der Waals surface area (Å²) in [5, 5.41) is 5.31. The van der Waals surface area contributed by atoms with Gasteiger partial charge in [-0.05, 0) is 24.1 Å². The summed E-state index contributed by atoms with van der Waals surface area (Å²) in [5.41, 5.74) is 1.24. The van der Waals surface area contributed by atoms with Gasteiger partial charge in [0, 0.05) is 18.8 Å². The number of amides is 1. The average Bonchev–Trinajstić information content (AvgIpc) is 2.65. The first-order chi connectivity index (χ1) is 11.8. The van der Waals surface area contributed by atoms with Crippen LogP contribution in [0.4, 0.5) is 0 Å². The number of rotatable bonds is 4. The van der Waals surface area contributed by atoms with Crippen molar-refractivity contribution >= 4 is 36.8 Å². The number of nitrogens with one attached hydrogen (secondary N) is 1. The molecule has 3 rings (SSSR count). The fourth-order valence-corrected chi connectivity index (χ4v) is 5.44. The number of carbonyl (C=O) groups is 1. The van der Waals surface area contributed by atoms with Crippen LogP contribution in [0.2, 0.25) is 0 Å².